The summed E-state index contributed by atoms with van der Waals surface area (Å²) in [5.41, 5.74) is 4.61. The number of pyridine rings is 1. The number of hydrogen-bond donors (Lipinski definition) is 0. The van der Waals surface area contributed by atoms with Crippen LogP contribution in [0.2, 0.25) is 0 Å². The Morgan fingerprint density at radius 2 is 1.77 bits per heavy atom. The van der Waals surface area contributed by atoms with Gasteiger partial charge in [-0.25, -0.2) is 4.98 Å². The minimum atomic E-state index is 0.156. The van der Waals surface area contributed by atoms with E-state index in [1.54, 1.807) is 0 Å². The molecule has 2 aromatic rings. The molecule has 3 heteroatoms. The maximum absolute atomic E-state index is 12.9. The van der Waals surface area contributed by atoms with Crippen LogP contribution in [0.25, 0.3) is 0 Å². The van der Waals surface area contributed by atoms with Crippen LogP contribution in [0.4, 0.5) is 0 Å². The lowest BCUT2D eigenvalue weighted by atomic mass is 9.92. The summed E-state index contributed by atoms with van der Waals surface area (Å²) in [6.07, 6.45) is 6.92. The quantitative estimate of drug-likeness (QED) is 0.729. The van der Waals surface area contributed by atoms with Gasteiger partial charge in [0.2, 0.25) is 0 Å². The molecule has 4 rings (SSSR count). The van der Waals surface area contributed by atoms with Gasteiger partial charge in [-0.1, -0.05) is 42.9 Å². The summed E-state index contributed by atoms with van der Waals surface area (Å²) in [7, 11) is 0. The minimum absolute atomic E-state index is 0.156. The van der Waals surface area contributed by atoms with Crippen molar-refractivity contribution in [3.05, 3.63) is 64.5 Å². The molecule has 1 aromatic heterocycles. The molecule has 0 spiro atoms. The van der Waals surface area contributed by atoms with Crippen LogP contribution in [0, 0.1) is 18.8 Å². The maximum Gasteiger partial charge on any atom is 0.255 e. The molecule has 1 saturated carbocycles. The number of aromatic nitrogens is 1. The number of amides is 1. The van der Waals surface area contributed by atoms with Crippen LogP contribution >= 0.6 is 0 Å². The van der Waals surface area contributed by atoms with Crippen LogP contribution in [-0.4, -0.2) is 28.4 Å². The molecule has 26 heavy (non-hydrogen) atoms. The van der Waals surface area contributed by atoms with E-state index in [1.165, 1.54) is 24.8 Å². The molecule has 1 aliphatic carbocycles. The average molecular weight is 344 g/mol. The number of benzene rings is 1. The molecule has 0 saturated heterocycles. The molecule has 0 radical (unpaired) electrons. The first-order chi connectivity index (χ1) is 12.7. The Morgan fingerprint density at radius 1 is 1.00 bits per heavy atom. The van der Waals surface area contributed by atoms with Crippen LogP contribution in [0.1, 0.15) is 65.0 Å². The molecule has 1 aliphatic heterocycles. The number of hydrogen-bond acceptors (Lipinski definition) is 2. The Kier molecular flexibility index (Phi) is 4.75. The van der Waals surface area contributed by atoms with E-state index in [4.69, 9.17) is 0 Å². The molecule has 132 valence electrons. The zero-order valence-corrected chi connectivity index (χ0v) is 15.3. The SMILES string of the molecule is Cc1ccc(C#Cc2ccc3c(n2)CCN(C2CCCCC2)C3=O)cc1. The van der Waals surface area contributed by atoms with E-state index >= 15 is 0 Å². The topological polar surface area (TPSA) is 33.2 Å². The Labute approximate surface area is 155 Å². The normalized spacial score (nSPS) is 17.4. The number of aryl methyl sites for hydroxylation is 1. The van der Waals surface area contributed by atoms with Gasteiger partial charge in [-0.05, 0) is 50.0 Å². The lowest BCUT2D eigenvalue weighted by Crippen LogP contribution is -2.45. The second-order valence-corrected chi connectivity index (χ2v) is 7.35. The predicted octanol–water partition coefficient (Wildman–Crippen LogP) is 4.12. The Hall–Kier alpha value is -2.60. The van der Waals surface area contributed by atoms with E-state index in [0.717, 1.165) is 48.3 Å². The van der Waals surface area contributed by atoms with Crippen molar-refractivity contribution >= 4 is 5.91 Å². The lowest BCUT2D eigenvalue weighted by Gasteiger charge is -2.37. The van der Waals surface area contributed by atoms with Crippen LogP contribution < -0.4 is 0 Å². The second kappa shape index (κ2) is 7.33. The molecule has 0 N–H and O–H groups in total. The molecule has 2 heterocycles. The van der Waals surface area contributed by atoms with Crippen molar-refractivity contribution in [1.82, 2.24) is 9.88 Å². The van der Waals surface area contributed by atoms with Crippen LogP contribution in [0.5, 0.6) is 0 Å². The number of rotatable bonds is 1. The first-order valence-corrected chi connectivity index (χ1v) is 9.60. The maximum atomic E-state index is 12.9. The highest BCUT2D eigenvalue weighted by Crippen LogP contribution is 2.27. The molecule has 1 fully saturated rings. The van der Waals surface area contributed by atoms with E-state index in [2.05, 4.69) is 40.8 Å². The van der Waals surface area contributed by atoms with Crippen molar-refractivity contribution < 1.29 is 4.79 Å². The monoisotopic (exact) mass is 344 g/mol. The van der Waals surface area contributed by atoms with Gasteiger partial charge in [-0.3, -0.25) is 4.79 Å². The highest BCUT2D eigenvalue weighted by atomic mass is 16.2. The Balaban J connectivity index is 1.53. The first kappa shape index (κ1) is 16.8. The van der Waals surface area contributed by atoms with Gasteiger partial charge in [0.15, 0.2) is 0 Å². The van der Waals surface area contributed by atoms with E-state index in [1.807, 2.05) is 24.3 Å². The van der Waals surface area contributed by atoms with Gasteiger partial charge in [-0.15, -0.1) is 0 Å². The number of nitrogens with zero attached hydrogens (tertiary/aromatic N) is 2. The van der Waals surface area contributed by atoms with Gasteiger partial charge in [0.1, 0.15) is 5.69 Å². The summed E-state index contributed by atoms with van der Waals surface area (Å²) in [5.74, 6) is 6.45. The molecule has 1 aromatic carbocycles. The molecule has 3 nitrogen and oxygen atoms in total. The van der Waals surface area contributed by atoms with Crippen LogP contribution in [0.15, 0.2) is 36.4 Å². The zero-order valence-electron chi connectivity index (χ0n) is 15.3. The van der Waals surface area contributed by atoms with E-state index in [0.29, 0.717) is 6.04 Å². The first-order valence-electron chi connectivity index (χ1n) is 9.60. The lowest BCUT2D eigenvalue weighted by molar-refractivity contribution is 0.0612. The van der Waals surface area contributed by atoms with E-state index in [9.17, 15) is 4.79 Å². The fourth-order valence-corrected chi connectivity index (χ4v) is 3.95. The van der Waals surface area contributed by atoms with Gasteiger partial charge in [0, 0.05) is 24.6 Å². The standard InChI is InChI=1S/C23H24N2O/c1-17-7-9-18(10-8-17)11-12-19-13-14-21-22(24-19)15-16-25(23(21)26)20-5-3-2-4-6-20/h7-10,13-14,20H,2-6,15-16H2,1H3. The third kappa shape index (κ3) is 3.51. The van der Waals surface area contributed by atoms with E-state index in [-0.39, 0.29) is 5.91 Å². The van der Waals surface area contributed by atoms with Crippen LogP contribution in [-0.2, 0) is 6.42 Å². The summed E-state index contributed by atoms with van der Waals surface area (Å²) in [6.45, 7) is 2.86. The molecule has 0 bridgehead atoms. The van der Waals surface area contributed by atoms with Gasteiger partial charge < -0.3 is 4.90 Å². The van der Waals surface area contributed by atoms with Crippen molar-refractivity contribution in [2.45, 2.75) is 51.5 Å². The molecule has 2 aliphatic rings. The van der Waals surface area contributed by atoms with Gasteiger partial charge in [-0.2, -0.15) is 0 Å². The summed E-state index contributed by atoms with van der Waals surface area (Å²) in [5, 5.41) is 0. The molecular formula is C23H24N2O. The van der Waals surface area contributed by atoms with Crippen LogP contribution in [0.3, 0.4) is 0 Å². The summed E-state index contributed by atoms with van der Waals surface area (Å²) in [4.78, 5) is 19.6. The number of fused-ring (bicyclic) bond motifs is 1. The smallest absolute Gasteiger partial charge is 0.255 e. The minimum Gasteiger partial charge on any atom is -0.335 e. The van der Waals surface area contributed by atoms with Crippen molar-refractivity contribution in [3.63, 3.8) is 0 Å². The third-order valence-corrected chi connectivity index (χ3v) is 5.46. The summed E-state index contributed by atoms with van der Waals surface area (Å²) in [6, 6.07) is 12.4. The summed E-state index contributed by atoms with van der Waals surface area (Å²) < 4.78 is 0. The highest BCUT2D eigenvalue weighted by molar-refractivity contribution is 5.96. The zero-order chi connectivity index (χ0) is 17.9. The van der Waals surface area contributed by atoms with Crippen molar-refractivity contribution in [2.75, 3.05) is 6.54 Å². The molecular weight excluding hydrogens is 320 g/mol. The van der Waals surface area contributed by atoms with Gasteiger partial charge >= 0.3 is 0 Å². The second-order valence-electron chi connectivity index (χ2n) is 7.35. The van der Waals surface area contributed by atoms with Crippen molar-refractivity contribution in [3.8, 4) is 11.8 Å². The molecule has 0 atom stereocenters. The third-order valence-electron chi connectivity index (χ3n) is 5.46. The fourth-order valence-electron chi connectivity index (χ4n) is 3.95. The van der Waals surface area contributed by atoms with Gasteiger partial charge in [0.05, 0.1) is 11.3 Å². The largest absolute Gasteiger partial charge is 0.335 e. The van der Waals surface area contributed by atoms with E-state index < -0.39 is 0 Å². The molecule has 1 amide bonds. The highest BCUT2D eigenvalue weighted by Gasteiger charge is 2.31. The predicted molar refractivity (Wildman–Crippen MR) is 103 cm³/mol. The molecule has 0 unspecified atom stereocenters. The Bertz CT molecular complexity index is 867. The summed E-state index contributed by atoms with van der Waals surface area (Å²) >= 11 is 0. The number of carbonyl (C=O) groups excluding carboxylic acids is 1. The van der Waals surface area contributed by atoms with Gasteiger partial charge in [0.25, 0.3) is 5.91 Å². The van der Waals surface area contributed by atoms with Crippen molar-refractivity contribution in [1.29, 1.82) is 0 Å². The fraction of sp³-hybridized carbons (Fsp3) is 0.391. The number of carbonyl (C=O) groups is 1. The average Bonchev–Trinajstić information content (AvgIpc) is 2.68. The van der Waals surface area contributed by atoms with Crippen molar-refractivity contribution in [2.24, 2.45) is 0 Å². The Morgan fingerprint density at radius 3 is 2.54 bits per heavy atom.